The van der Waals surface area contributed by atoms with Crippen molar-refractivity contribution in [1.29, 1.82) is 0 Å². The molecule has 0 saturated carbocycles. The van der Waals surface area contributed by atoms with Crippen LogP contribution in [0.5, 0.6) is 0 Å². The van der Waals surface area contributed by atoms with Crippen LogP contribution in [0.15, 0.2) is 21.9 Å². The average molecular weight is 140 g/mol. The van der Waals surface area contributed by atoms with Crippen LogP contribution < -0.4 is 0 Å². The minimum absolute atomic E-state index is 0.611. The fourth-order valence-electron chi connectivity index (χ4n) is 0.725. The number of aromatic amines is 1. The van der Waals surface area contributed by atoms with Gasteiger partial charge in [-0.25, -0.2) is 4.98 Å². The van der Waals surface area contributed by atoms with E-state index in [-0.39, 0.29) is 0 Å². The fraction of sp³-hybridized carbons (Fsp3) is 0. The predicted octanol–water partition coefficient (Wildman–Crippen LogP) is 1.44. The van der Waals surface area contributed by atoms with Gasteiger partial charge in [-0.15, -0.1) is 12.6 Å². The number of fused-ring (bicyclic) bond motifs is 1. The highest BCUT2D eigenvalue weighted by molar-refractivity contribution is 7.80. The molecule has 46 valence electrons. The van der Waals surface area contributed by atoms with Crippen molar-refractivity contribution in [3.63, 3.8) is 0 Å². The third kappa shape index (κ3) is 0.564. The lowest BCUT2D eigenvalue weighted by Crippen LogP contribution is -1.57. The summed E-state index contributed by atoms with van der Waals surface area (Å²) >= 11 is 4.10. The number of nitrogens with one attached hydrogen (secondary N) is 1. The van der Waals surface area contributed by atoms with Crippen LogP contribution in [0.4, 0.5) is 0 Å². The molecule has 9 heavy (non-hydrogen) atoms. The van der Waals surface area contributed by atoms with E-state index in [1.807, 2.05) is 0 Å². The zero-order chi connectivity index (χ0) is 6.27. The summed E-state index contributed by atoms with van der Waals surface area (Å²) in [5, 5.41) is 0. The van der Waals surface area contributed by atoms with E-state index in [2.05, 4.69) is 22.6 Å². The number of rotatable bonds is 0. The van der Waals surface area contributed by atoms with Gasteiger partial charge in [-0.1, -0.05) is 0 Å². The first-order valence-corrected chi connectivity index (χ1v) is 2.92. The number of imidazole rings is 1. The molecule has 0 saturated heterocycles. The van der Waals surface area contributed by atoms with Gasteiger partial charge in [0.1, 0.15) is 11.8 Å². The van der Waals surface area contributed by atoms with Gasteiger partial charge in [0.05, 0.1) is 11.2 Å². The van der Waals surface area contributed by atoms with Crippen molar-refractivity contribution in [2.45, 2.75) is 4.90 Å². The zero-order valence-corrected chi connectivity index (χ0v) is 5.35. The summed E-state index contributed by atoms with van der Waals surface area (Å²) in [5.41, 5.74) is 1.47. The van der Waals surface area contributed by atoms with Crippen LogP contribution in [0, 0.1) is 0 Å². The van der Waals surface area contributed by atoms with Gasteiger partial charge in [0, 0.05) is 0 Å². The van der Waals surface area contributed by atoms with E-state index in [1.165, 1.54) is 0 Å². The molecule has 0 radical (unpaired) electrons. The first-order chi connectivity index (χ1) is 4.38. The average Bonchev–Trinajstić information content (AvgIpc) is 2.35. The molecule has 4 heteroatoms. The fourth-order valence-corrected chi connectivity index (χ4v) is 0.938. The second-order valence-electron chi connectivity index (χ2n) is 1.70. The number of thiol groups is 1. The van der Waals surface area contributed by atoms with E-state index in [0.29, 0.717) is 5.71 Å². The largest absolute Gasteiger partial charge is 0.444 e. The molecule has 1 N–H and O–H groups in total. The van der Waals surface area contributed by atoms with Crippen LogP contribution in [0.3, 0.4) is 0 Å². The minimum Gasteiger partial charge on any atom is -0.444 e. The van der Waals surface area contributed by atoms with Crippen molar-refractivity contribution in [3.05, 3.63) is 12.6 Å². The number of hydrogen-bond donors (Lipinski definition) is 2. The van der Waals surface area contributed by atoms with Crippen LogP contribution in [-0.2, 0) is 0 Å². The standard InChI is InChI=1S/C5H4N2OS/c9-3-1-8-5-4(3)6-2-7-5/h1-2,9H,(H,6,7). The molecule has 2 aromatic heterocycles. The summed E-state index contributed by atoms with van der Waals surface area (Å²) in [7, 11) is 0. The van der Waals surface area contributed by atoms with Gasteiger partial charge in [0.25, 0.3) is 0 Å². The molecule has 0 aliphatic rings. The smallest absolute Gasteiger partial charge is 0.245 e. The number of H-pyrrole nitrogens is 1. The van der Waals surface area contributed by atoms with Crippen LogP contribution in [0.2, 0.25) is 0 Å². The molecule has 0 aromatic carbocycles. The Bertz CT molecular complexity index is 324. The van der Waals surface area contributed by atoms with Gasteiger partial charge >= 0.3 is 0 Å². The van der Waals surface area contributed by atoms with Crippen molar-refractivity contribution in [2.75, 3.05) is 0 Å². The van der Waals surface area contributed by atoms with Gasteiger partial charge < -0.3 is 9.40 Å². The molecular formula is C5H4N2OS. The summed E-state index contributed by atoms with van der Waals surface area (Å²) in [6.45, 7) is 0. The van der Waals surface area contributed by atoms with Gasteiger partial charge in [0.2, 0.25) is 5.71 Å². The van der Waals surface area contributed by atoms with Crippen molar-refractivity contribution < 1.29 is 4.42 Å². The Hall–Kier alpha value is -0.900. The maximum absolute atomic E-state index is 4.97. The summed E-state index contributed by atoms with van der Waals surface area (Å²) in [5.74, 6) is 0. The summed E-state index contributed by atoms with van der Waals surface area (Å²) < 4.78 is 4.97. The number of furan rings is 1. The van der Waals surface area contributed by atoms with Crippen LogP contribution in [-0.4, -0.2) is 9.97 Å². The van der Waals surface area contributed by atoms with E-state index in [0.717, 1.165) is 10.4 Å². The van der Waals surface area contributed by atoms with Crippen LogP contribution >= 0.6 is 12.6 Å². The Balaban J connectivity index is 2.99. The quantitative estimate of drug-likeness (QED) is 0.544. The lowest BCUT2D eigenvalue weighted by molar-refractivity contribution is 0.597. The van der Waals surface area contributed by atoms with Gasteiger partial charge in [-0.05, 0) is 0 Å². The first kappa shape index (κ1) is 4.93. The Kier molecular flexibility index (Phi) is 0.843. The maximum atomic E-state index is 4.97. The second kappa shape index (κ2) is 1.54. The van der Waals surface area contributed by atoms with Crippen molar-refractivity contribution in [2.24, 2.45) is 0 Å². The topological polar surface area (TPSA) is 41.8 Å². The third-order valence-corrected chi connectivity index (χ3v) is 1.47. The molecule has 0 aliphatic heterocycles. The Morgan fingerprint density at radius 2 is 2.56 bits per heavy atom. The molecule has 0 amide bonds. The van der Waals surface area contributed by atoms with Crippen molar-refractivity contribution >= 4 is 23.9 Å². The van der Waals surface area contributed by atoms with Crippen molar-refractivity contribution in [3.8, 4) is 0 Å². The molecular weight excluding hydrogens is 136 g/mol. The molecule has 2 rings (SSSR count). The second-order valence-corrected chi connectivity index (χ2v) is 2.19. The normalized spacial score (nSPS) is 10.8. The number of aromatic nitrogens is 2. The van der Waals surface area contributed by atoms with Crippen molar-refractivity contribution in [1.82, 2.24) is 9.97 Å². The Morgan fingerprint density at radius 1 is 1.67 bits per heavy atom. The third-order valence-electron chi connectivity index (χ3n) is 1.14. The van der Waals surface area contributed by atoms with E-state index < -0.39 is 0 Å². The molecule has 0 atom stereocenters. The zero-order valence-electron chi connectivity index (χ0n) is 4.46. The van der Waals surface area contributed by atoms with Gasteiger partial charge in [-0.3, -0.25) is 0 Å². The summed E-state index contributed by atoms with van der Waals surface area (Å²) in [6, 6.07) is 0. The molecule has 0 bridgehead atoms. The van der Waals surface area contributed by atoms with E-state index >= 15 is 0 Å². The molecule has 0 spiro atoms. The molecule has 2 heterocycles. The summed E-state index contributed by atoms with van der Waals surface area (Å²) in [4.78, 5) is 7.55. The molecule has 2 aromatic rings. The molecule has 0 unspecified atom stereocenters. The predicted molar refractivity (Wildman–Crippen MR) is 35.6 cm³/mol. The van der Waals surface area contributed by atoms with Crippen LogP contribution in [0.1, 0.15) is 0 Å². The summed E-state index contributed by atoms with van der Waals surface area (Å²) in [6.07, 6.45) is 3.13. The van der Waals surface area contributed by atoms with E-state index in [9.17, 15) is 0 Å². The highest BCUT2D eigenvalue weighted by Crippen LogP contribution is 2.19. The lowest BCUT2D eigenvalue weighted by atomic mass is 10.6. The van der Waals surface area contributed by atoms with Gasteiger partial charge in [-0.2, -0.15) is 0 Å². The number of nitrogens with zero attached hydrogens (tertiary/aromatic N) is 1. The molecule has 3 nitrogen and oxygen atoms in total. The lowest BCUT2D eigenvalue weighted by Gasteiger charge is -1.72. The Labute approximate surface area is 56.5 Å². The Morgan fingerprint density at radius 3 is 3.33 bits per heavy atom. The highest BCUT2D eigenvalue weighted by Gasteiger charge is 2.01. The van der Waals surface area contributed by atoms with Gasteiger partial charge in [0.15, 0.2) is 0 Å². The highest BCUT2D eigenvalue weighted by atomic mass is 32.1. The number of hydrogen-bond acceptors (Lipinski definition) is 3. The molecule has 0 fully saturated rings. The minimum atomic E-state index is 0.611. The molecule has 0 aliphatic carbocycles. The first-order valence-electron chi connectivity index (χ1n) is 2.47. The van der Waals surface area contributed by atoms with E-state index in [1.54, 1.807) is 12.6 Å². The SMILES string of the molecule is Sc1coc2nc[nH]c12. The van der Waals surface area contributed by atoms with E-state index in [4.69, 9.17) is 4.42 Å². The monoisotopic (exact) mass is 140 g/mol. The maximum Gasteiger partial charge on any atom is 0.245 e. The van der Waals surface area contributed by atoms with Crippen LogP contribution in [0.25, 0.3) is 11.2 Å².